The van der Waals surface area contributed by atoms with Crippen molar-refractivity contribution in [3.63, 3.8) is 0 Å². The Labute approximate surface area is 105 Å². The summed E-state index contributed by atoms with van der Waals surface area (Å²) in [7, 11) is -3.80. The average molecular weight is 286 g/mol. The summed E-state index contributed by atoms with van der Waals surface area (Å²) >= 11 is 3.96. The first-order chi connectivity index (χ1) is 7.74. The summed E-state index contributed by atoms with van der Waals surface area (Å²) in [5, 5.41) is 9.50. The van der Waals surface area contributed by atoms with E-state index >= 15 is 0 Å². The van der Waals surface area contributed by atoms with Gasteiger partial charge in [0, 0.05) is 12.7 Å². The number of carbonyl (C=O) groups excluding carboxylic acids is 1. The first kappa shape index (κ1) is 14.7. The van der Waals surface area contributed by atoms with Crippen LogP contribution < -0.4 is 0 Å². The molecule has 0 radical (unpaired) electrons. The SMILES string of the molecule is CC(=O)O[C@@H]1[C@@H](OS(C)(=O)=O)[C@@H](O)O[C@@H]1CS. The summed E-state index contributed by atoms with van der Waals surface area (Å²) in [5.41, 5.74) is 0. The molecule has 1 heterocycles. The third-order valence-electron chi connectivity index (χ3n) is 2.05. The van der Waals surface area contributed by atoms with Gasteiger partial charge in [-0.3, -0.25) is 8.98 Å². The first-order valence-electron chi connectivity index (χ1n) is 4.74. The van der Waals surface area contributed by atoms with Crippen LogP contribution in [0.15, 0.2) is 0 Å². The Morgan fingerprint density at radius 1 is 1.47 bits per heavy atom. The molecule has 0 saturated carbocycles. The summed E-state index contributed by atoms with van der Waals surface area (Å²) in [4.78, 5) is 10.9. The average Bonchev–Trinajstić information content (AvgIpc) is 2.42. The quantitative estimate of drug-likeness (QED) is 0.385. The Balaban J connectivity index is 2.86. The summed E-state index contributed by atoms with van der Waals surface area (Å²) in [6.45, 7) is 1.16. The van der Waals surface area contributed by atoms with Crippen molar-refractivity contribution in [2.24, 2.45) is 0 Å². The maximum atomic E-state index is 11.0. The molecule has 0 aromatic heterocycles. The molecule has 0 bridgehead atoms. The first-order valence-corrected chi connectivity index (χ1v) is 7.19. The van der Waals surface area contributed by atoms with Gasteiger partial charge in [-0.1, -0.05) is 0 Å². The van der Waals surface area contributed by atoms with Crippen LogP contribution in [-0.2, 0) is 28.6 Å². The molecule has 0 aromatic carbocycles. The molecule has 1 N–H and O–H groups in total. The Hall–Kier alpha value is -0.350. The minimum Gasteiger partial charge on any atom is -0.457 e. The van der Waals surface area contributed by atoms with E-state index in [9.17, 15) is 18.3 Å². The topological polar surface area (TPSA) is 99.1 Å². The lowest BCUT2D eigenvalue weighted by Crippen LogP contribution is -2.40. The fourth-order valence-corrected chi connectivity index (χ4v) is 2.40. The zero-order valence-corrected chi connectivity index (χ0v) is 11.0. The molecular weight excluding hydrogens is 272 g/mol. The number of hydrogen-bond acceptors (Lipinski definition) is 8. The Morgan fingerprint density at radius 3 is 2.47 bits per heavy atom. The molecule has 9 heteroatoms. The van der Waals surface area contributed by atoms with Crippen LogP contribution in [0.3, 0.4) is 0 Å². The van der Waals surface area contributed by atoms with Crippen molar-refractivity contribution in [1.29, 1.82) is 0 Å². The highest BCUT2D eigenvalue weighted by atomic mass is 32.2. The van der Waals surface area contributed by atoms with E-state index in [1.807, 2.05) is 0 Å². The van der Waals surface area contributed by atoms with Crippen LogP contribution in [-0.4, -0.2) is 56.1 Å². The van der Waals surface area contributed by atoms with E-state index in [0.29, 0.717) is 0 Å². The highest BCUT2D eigenvalue weighted by Gasteiger charge is 2.48. The molecule has 17 heavy (non-hydrogen) atoms. The third-order valence-corrected chi connectivity index (χ3v) is 2.99. The van der Waals surface area contributed by atoms with Gasteiger partial charge in [-0.25, -0.2) is 0 Å². The summed E-state index contributed by atoms with van der Waals surface area (Å²) in [6, 6.07) is 0. The van der Waals surface area contributed by atoms with Crippen molar-refractivity contribution in [3.05, 3.63) is 0 Å². The van der Waals surface area contributed by atoms with E-state index in [1.165, 1.54) is 0 Å². The summed E-state index contributed by atoms with van der Waals surface area (Å²) in [5.74, 6) is -0.472. The van der Waals surface area contributed by atoms with E-state index < -0.39 is 40.7 Å². The predicted molar refractivity (Wildman–Crippen MR) is 60.0 cm³/mol. The predicted octanol–water partition coefficient (Wildman–Crippen LogP) is -1.09. The van der Waals surface area contributed by atoms with Crippen molar-refractivity contribution in [3.8, 4) is 0 Å². The minimum absolute atomic E-state index is 0.151. The smallest absolute Gasteiger partial charge is 0.303 e. The van der Waals surface area contributed by atoms with Gasteiger partial charge in [0.2, 0.25) is 0 Å². The molecule has 100 valence electrons. The lowest BCUT2D eigenvalue weighted by Gasteiger charge is -2.20. The Bertz CT molecular complexity index is 379. The highest BCUT2D eigenvalue weighted by molar-refractivity contribution is 7.86. The Morgan fingerprint density at radius 2 is 2.06 bits per heavy atom. The lowest BCUT2D eigenvalue weighted by molar-refractivity contribution is -0.151. The number of thiol groups is 1. The summed E-state index contributed by atoms with van der Waals surface area (Å²) < 4.78 is 36.5. The number of hydrogen-bond donors (Lipinski definition) is 2. The van der Waals surface area contributed by atoms with Crippen LogP contribution >= 0.6 is 12.6 Å². The molecule has 1 fully saturated rings. The number of esters is 1. The maximum Gasteiger partial charge on any atom is 0.303 e. The second-order valence-corrected chi connectivity index (χ2v) is 5.55. The zero-order valence-electron chi connectivity index (χ0n) is 9.27. The maximum absolute atomic E-state index is 11.0. The molecule has 1 aliphatic heterocycles. The van der Waals surface area contributed by atoms with Gasteiger partial charge in [-0.05, 0) is 0 Å². The van der Waals surface area contributed by atoms with Crippen molar-refractivity contribution in [2.45, 2.75) is 31.5 Å². The molecule has 0 amide bonds. The van der Waals surface area contributed by atoms with Crippen LogP contribution in [0, 0.1) is 0 Å². The number of carbonyl (C=O) groups is 1. The third kappa shape index (κ3) is 4.11. The van der Waals surface area contributed by atoms with Crippen molar-refractivity contribution in [1.82, 2.24) is 0 Å². The van der Waals surface area contributed by atoms with E-state index in [-0.39, 0.29) is 5.75 Å². The van der Waals surface area contributed by atoms with E-state index in [0.717, 1.165) is 13.2 Å². The van der Waals surface area contributed by atoms with Gasteiger partial charge in [0.15, 0.2) is 18.5 Å². The van der Waals surface area contributed by atoms with Gasteiger partial charge in [-0.2, -0.15) is 21.0 Å². The number of aliphatic hydroxyl groups is 1. The monoisotopic (exact) mass is 286 g/mol. The van der Waals surface area contributed by atoms with Gasteiger partial charge < -0.3 is 14.6 Å². The molecule has 0 aromatic rings. The molecule has 7 nitrogen and oxygen atoms in total. The van der Waals surface area contributed by atoms with Crippen LogP contribution in [0.4, 0.5) is 0 Å². The van der Waals surface area contributed by atoms with Crippen LogP contribution in [0.25, 0.3) is 0 Å². The molecule has 4 atom stereocenters. The molecular formula is C8H14O7S2. The molecule has 1 rings (SSSR count). The normalized spacial score (nSPS) is 33.6. The van der Waals surface area contributed by atoms with E-state index in [4.69, 9.17) is 9.47 Å². The van der Waals surface area contributed by atoms with Gasteiger partial charge in [0.25, 0.3) is 10.1 Å². The Kier molecular flexibility index (Phi) is 4.78. The molecule has 0 spiro atoms. The number of aliphatic hydroxyl groups excluding tert-OH is 1. The highest BCUT2D eigenvalue weighted by Crippen LogP contribution is 2.27. The van der Waals surface area contributed by atoms with Crippen LogP contribution in [0.2, 0.25) is 0 Å². The second-order valence-electron chi connectivity index (χ2n) is 3.59. The molecule has 1 saturated heterocycles. The summed E-state index contributed by atoms with van der Waals surface area (Å²) in [6.07, 6.45) is -3.64. The van der Waals surface area contributed by atoms with Gasteiger partial charge in [0.05, 0.1) is 6.26 Å². The second kappa shape index (κ2) is 5.53. The zero-order chi connectivity index (χ0) is 13.2. The van der Waals surface area contributed by atoms with Crippen LogP contribution in [0.1, 0.15) is 6.92 Å². The fourth-order valence-electron chi connectivity index (χ4n) is 1.49. The molecule has 0 aliphatic carbocycles. The van der Waals surface area contributed by atoms with Crippen LogP contribution in [0.5, 0.6) is 0 Å². The largest absolute Gasteiger partial charge is 0.457 e. The van der Waals surface area contributed by atoms with E-state index in [1.54, 1.807) is 0 Å². The van der Waals surface area contributed by atoms with Gasteiger partial charge in [-0.15, -0.1) is 0 Å². The number of rotatable bonds is 4. The molecule has 1 aliphatic rings. The number of ether oxygens (including phenoxy) is 2. The lowest BCUT2D eigenvalue weighted by atomic mass is 10.1. The van der Waals surface area contributed by atoms with Gasteiger partial charge >= 0.3 is 5.97 Å². The standard InChI is InChI=1S/C8H14O7S2/c1-4(9)13-6-5(3-16)14-8(10)7(6)15-17(2,11)12/h5-8,10,16H,3H2,1-2H3/t5-,6+,7-,8+/m1/s1. The van der Waals surface area contributed by atoms with E-state index in [2.05, 4.69) is 16.8 Å². The fraction of sp³-hybridized carbons (Fsp3) is 0.875. The molecule has 0 unspecified atom stereocenters. The van der Waals surface area contributed by atoms with Crippen molar-refractivity contribution < 1.29 is 32.0 Å². The van der Waals surface area contributed by atoms with Crippen molar-refractivity contribution in [2.75, 3.05) is 12.0 Å². The van der Waals surface area contributed by atoms with Gasteiger partial charge in [0.1, 0.15) is 6.10 Å². The van der Waals surface area contributed by atoms with Crippen molar-refractivity contribution >= 4 is 28.7 Å². The minimum atomic E-state index is -3.80.